The van der Waals surface area contributed by atoms with E-state index in [1.54, 1.807) is 24.3 Å². The van der Waals surface area contributed by atoms with Crippen LogP contribution in [0.2, 0.25) is 5.02 Å². The normalized spacial score (nSPS) is 20.6. The van der Waals surface area contributed by atoms with Gasteiger partial charge >= 0.3 is 0 Å². The number of nitro benzene ring substituents is 1. The predicted molar refractivity (Wildman–Crippen MR) is 98.5 cm³/mol. The minimum absolute atomic E-state index is 0.0248. The topological polar surface area (TPSA) is 111 Å². The molecule has 2 atom stereocenters. The number of rotatable bonds is 4. The molecule has 0 saturated carbocycles. The second-order valence-electron chi connectivity index (χ2n) is 6.09. The first-order valence-corrected chi connectivity index (χ1v) is 8.50. The molecule has 2 heterocycles. The van der Waals surface area contributed by atoms with E-state index < -0.39 is 28.8 Å². The third-order valence-corrected chi connectivity index (χ3v) is 4.91. The van der Waals surface area contributed by atoms with Crippen molar-refractivity contribution in [2.75, 3.05) is 12.0 Å². The maximum atomic E-state index is 13.1. The Kier molecular flexibility index (Phi) is 4.23. The number of hydrogen-bond donors (Lipinski definition) is 0. The fraction of sp³-hybridized carbons (Fsp3) is 0.167. The van der Waals surface area contributed by atoms with Crippen molar-refractivity contribution in [3.8, 4) is 5.75 Å². The lowest BCUT2D eigenvalue weighted by molar-refractivity contribution is -0.384. The average molecular weight is 402 g/mol. The molecule has 0 N–H and O–H groups in total. The van der Waals surface area contributed by atoms with Crippen molar-refractivity contribution >= 4 is 40.5 Å². The summed E-state index contributed by atoms with van der Waals surface area (Å²) in [5.74, 6) is -2.16. The molecule has 0 unspecified atom stereocenters. The highest BCUT2D eigenvalue weighted by atomic mass is 35.5. The summed E-state index contributed by atoms with van der Waals surface area (Å²) in [5.41, 5.74) is 0.407. The first-order valence-electron chi connectivity index (χ1n) is 8.13. The Morgan fingerprint density at radius 1 is 1.21 bits per heavy atom. The van der Waals surface area contributed by atoms with Crippen LogP contribution in [0.4, 0.5) is 11.4 Å². The van der Waals surface area contributed by atoms with Crippen LogP contribution in [0.3, 0.4) is 0 Å². The van der Waals surface area contributed by atoms with Gasteiger partial charge in [-0.2, -0.15) is 0 Å². The Hall–Kier alpha value is -3.46. The number of oxime groups is 1. The van der Waals surface area contributed by atoms with Crippen LogP contribution in [-0.4, -0.2) is 35.7 Å². The first kappa shape index (κ1) is 17.9. The number of fused-ring (bicyclic) bond motifs is 1. The summed E-state index contributed by atoms with van der Waals surface area (Å²) < 4.78 is 5.18. The van der Waals surface area contributed by atoms with E-state index in [0.717, 1.165) is 11.0 Å². The number of amides is 2. The minimum atomic E-state index is -1.16. The van der Waals surface area contributed by atoms with Crippen molar-refractivity contribution in [2.24, 2.45) is 11.1 Å². The summed E-state index contributed by atoms with van der Waals surface area (Å²) in [4.78, 5) is 42.5. The van der Waals surface area contributed by atoms with Crippen LogP contribution in [0.25, 0.3) is 0 Å². The first-order chi connectivity index (χ1) is 13.4. The molecule has 142 valence electrons. The van der Waals surface area contributed by atoms with Crippen LogP contribution in [0, 0.1) is 16.0 Å². The van der Waals surface area contributed by atoms with Crippen molar-refractivity contribution in [1.29, 1.82) is 0 Å². The summed E-state index contributed by atoms with van der Waals surface area (Å²) in [6, 6.07) is 10.4. The summed E-state index contributed by atoms with van der Waals surface area (Å²) in [7, 11) is 1.34. The molecule has 0 radical (unpaired) electrons. The van der Waals surface area contributed by atoms with Gasteiger partial charge in [0.05, 0.1) is 12.0 Å². The molecule has 1 saturated heterocycles. The molecule has 2 amide bonds. The summed E-state index contributed by atoms with van der Waals surface area (Å²) in [6.07, 6.45) is -1.16. The number of ether oxygens (including phenoxy) is 1. The number of carbonyl (C=O) groups excluding carboxylic acids is 2. The number of carbonyl (C=O) groups is 2. The predicted octanol–water partition coefficient (Wildman–Crippen LogP) is 2.55. The van der Waals surface area contributed by atoms with Crippen LogP contribution >= 0.6 is 11.6 Å². The number of anilines is 1. The van der Waals surface area contributed by atoms with E-state index in [1.807, 2.05) is 0 Å². The monoisotopic (exact) mass is 401 g/mol. The van der Waals surface area contributed by atoms with Crippen LogP contribution in [-0.2, 0) is 14.4 Å². The summed E-state index contributed by atoms with van der Waals surface area (Å²) >= 11 is 6.19. The smallest absolute Gasteiger partial charge is 0.279 e. The zero-order valence-corrected chi connectivity index (χ0v) is 15.1. The zero-order valence-electron chi connectivity index (χ0n) is 14.4. The molecular formula is C18H12ClN3O6. The number of halogens is 1. The van der Waals surface area contributed by atoms with Crippen molar-refractivity contribution in [3.63, 3.8) is 0 Å². The Labute approximate surface area is 163 Å². The number of methoxy groups -OCH3 is 1. The van der Waals surface area contributed by atoms with Crippen LogP contribution < -0.4 is 9.64 Å². The van der Waals surface area contributed by atoms with Gasteiger partial charge in [0.25, 0.3) is 11.6 Å². The van der Waals surface area contributed by atoms with Crippen molar-refractivity contribution in [3.05, 3.63) is 63.2 Å². The van der Waals surface area contributed by atoms with Crippen molar-refractivity contribution in [1.82, 2.24) is 0 Å². The molecule has 28 heavy (non-hydrogen) atoms. The van der Waals surface area contributed by atoms with Crippen molar-refractivity contribution in [2.45, 2.75) is 6.10 Å². The fourth-order valence-electron chi connectivity index (χ4n) is 3.27. The second-order valence-corrected chi connectivity index (χ2v) is 6.49. The second kappa shape index (κ2) is 6.61. The summed E-state index contributed by atoms with van der Waals surface area (Å²) in [6.45, 7) is 0. The number of benzene rings is 2. The Morgan fingerprint density at radius 3 is 2.64 bits per heavy atom. The van der Waals surface area contributed by atoms with Gasteiger partial charge < -0.3 is 9.57 Å². The Bertz CT molecular complexity index is 1050. The van der Waals surface area contributed by atoms with Gasteiger partial charge in [-0.15, -0.1) is 0 Å². The molecule has 2 aliphatic heterocycles. The van der Waals surface area contributed by atoms with E-state index in [2.05, 4.69) is 5.16 Å². The molecule has 9 nitrogen and oxygen atoms in total. The lowest BCUT2D eigenvalue weighted by atomic mass is 9.94. The number of imide groups is 1. The SMILES string of the molecule is COc1ccc([N+](=O)[O-])cc1N1C(=O)[C@H]2C(c3ccccc3Cl)=NO[C@H]2C1=O. The molecule has 4 rings (SSSR count). The Balaban J connectivity index is 1.77. The van der Waals surface area contributed by atoms with Gasteiger partial charge in [0.2, 0.25) is 12.0 Å². The number of non-ortho nitro benzene ring substituents is 1. The number of nitro groups is 1. The molecule has 10 heteroatoms. The van der Waals surface area contributed by atoms with Crippen LogP contribution in [0.5, 0.6) is 5.75 Å². The molecule has 0 aliphatic carbocycles. The molecule has 2 aliphatic rings. The zero-order chi connectivity index (χ0) is 20.0. The standard InChI is InChI=1S/C18H12ClN3O6/c1-27-13-7-6-9(22(25)26)8-12(13)21-17(23)14-15(20-28-16(14)18(21)24)10-4-2-3-5-11(10)19/h2-8,14,16H,1H3/t14-,16+/m0/s1. The highest BCUT2D eigenvalue weighted by Gasteiger charge is 2.57. The van der Waals surface area contributed by atoms with Gasteiger partial charge in [0, 0.05) is 22.7 Å². The third-order valence-electron chi connectivity index (χ3n) is 4.58. The molecular weight excluding hydrogens is 390 g/mol. The van der Waals surface area contributed by atoms with Gasteiger partial charge in [-0.05, 0) is 12.1 Å². The highest BCUT2D eigenvalue weighted by Crippen LogP contribution is 2.40. The van der Waals surface area contributed by atoms with E-state index >= 15 is 0 Å². The minimum Gasteiger partial charge on any atom is -0.495 e. The highest BCUT2D eigenvalue weighted by molar-refractivity contribution is 6.38. The molecule has 2 aromatic carbocycles. The van der Waals surface area contributed by atoms with E-state index in [0.29, 0.717) is 10.6 Å². The lowest BCUT2D eigenvalue weighted by Gasteiger charge is -2.18. The molecule has 2 aromatic rings. The summed E-state index contributed by atoms with van der Waals surface area (Å²) in [5, 5.41) is 15.4. The lowest BCUT2D eigenvalue weighted by Crippen LogP contribution is -2.33. The third kappa shape index (κ3) is 2.59. The van der Waals surface area contributed by atoms with E-state index in [9.17, 15) is 19.7 Å². The van der Waals surface area contributed by atoms with Gasteiger partial charge in [-0.25, -0.2) is 4.90 Å². The molecule has 0 spiro atoms. The van der Waals surface area contributed by atoms with Crippen LogP contribution in [0.15, 0.2) is 47.6 Å². The van der Waals surface area contributed by atoms with Crippen LogP contribution in [0.1, 0.15) is 5.56 Å². The fourth-order valence-corrected chi connectivity index (χ4v) is 3.51. The van der Waals surface area contributed by atoms with Gasteiger partial charge in [0.1, 0.15) is 23.1 Å². The number of nitrogens with zero attached hydrogens (tertiary/aromatic N) is 3. The number of hydrogen-bond acceptors (Lipinski definition) is 7. The maximum absolute atomic E-state index is 13.1. The van der Waals surface area contributed by atoms with E-state index in [4.69, 9.17) is 21.2 Å². The van der Waals surface area contributed by atoms with Gasteiger partial charge in [-0.3, -0.25) is 19.7 Å². The molecule has 1 fully saturated rings. The van der Waals surface area contributed by atoms with E-state index in [1.165, 1.54) is 19.2 Å². The largest absolute Gasteiger partial charge is 0.495 e. The molecule has 0 bridgehead atoms. The van der Waals surface area contributed by atoms with Gasteiger partial charge in [0.15, 0.2) is 0 Å². The van der Waals surface area contributed by atoms with Crippen molar-refractivity contribution < 1.29 is 24.1 Å². The maximum Gasteiger partial charge on any atom is 0.279 e. The quantitative estimate of drug-likeness (QED) is 0.442. The average Bonchev–Trinajstić information content (AvgIpc) is 3.22. The van der Waals surface area contributed by atoms with E-state index in [-0.39, 0.29) is 22.8 Å². The van der Waals surface area contributed by atoms with Gasteiger partial charge in [-0.1, -0.05) is 35.0 Å². The Morgan fingerprint density at radius 2 is 1.96 bits per heavy atom. The molecule has 0 aromatic heterocycles.